The normalized spacial score (nSPS) is 11.7. The van der Waals surface area contributed by atoms with E-state index in [2.05, 4.69) is 154 Å². The van der Waals surface area contributed by atoms with Gasteiger partial charge in [0, 0.05) is 0 Å². The van der Waals surface area contributed by atoms with E-state index in [1.807, 2.05) is 0 Å². The molecule has 0 heterocycles. The Bertz CT molecular complexity index is 2370. The Labute approximate surface area is 257 Å². The van der Waals surface area contributed by atoms with Gasteiger partial charge in [-0.2, -0.15) is 0 Å². The minimum absolute atomic E-state index is 1.28. The van der Waals surface area contributed by atoms with Gasteiger partial charge in [-0.3, -0.25) is 0 Å². The minimum atomic E-state index is 1.28. The molecule has 0 atom stereocenters. The zero-order valence-corrected chi connectivity index (χ0v) is 25.5. The summed E-state index contributed by atoms with van der Waals surface area (Å²) in [5.41, 5.74) is 12.3. The molecule has 0 aliphatic carbocycles. The maximum absolute atomic E-state index is 2.36. The molecule has 0 saturated carbocycles. The second kappa shape index (κ2) is 9.71. The van der Waals surface area contributed by atoms with Crippen LogP contribution in [0.15, 0.2) is 115 Å². The summed E-state index contributed by atoms with van der Waals surface area (Å²) in [6, 6.07) is 43.0. The molecule has 8 aromatic carbocycles. The predicted molar refractivity (Wildman–Crippen MR) is 206 cm³/mol. The van der Waals surface area contributed by atoms with E-state index in [9.17, 15) is 0 Å². The summed E-state index contributed by atoms with van der Waals surface area (Å²) in [5, 5.41) is 13.0. The van der Waals surface area contributed by atoms with Gasteiger partial charge in [-0.05, 0) is 88.2 Å². The van der Waals surface area contributed by atoms with Crippen LogP contribution in [0, 0.1) is 0 Å². The van der Waals surface area contributed by atoms with Gasteiger partial charge >= 0.3 is 0 Å². The van der Waals surface area contributed by atoms with Crippen molar-refractivity contribution < 1.29 is 0 Å². The summed E-state index contributed by atoms with van der Waals surface area (Å²) in [7, 11) is 11.4. The van der Waals surface area contributed by atoms with Gasteiger partial charge in [0.2, 0.25) is 0 Å². The molecule has 8 rings (SSSR count). The van der Waals surface area contributed by atoms with Crippen molar-refractivity contribution >= 4 is 120 Å². The fraction of sp³-hybridized carbons (Fsp3) is 0. The lowest BCUT2D eigenvalue weighted by Gasteiger charge is -2.24. The third-order valence-electron chi connectivity index (χ3n) is 10.2. The molecule has 0 spiro atoms. The molecule has 0 nitrogen and oxygen atoms in total. The van der Waals surface area contributed by atoms with Gasteiger partial charge in [0.1, 0.15) is 39.2 Å². The number of hydrogen-bond acceptors (Lipinski definition) is 0. The van der Waals surface area contributed by atoms with Crippen molar-refractivity contribution in [2.24, 2.45) is 0 Å². The molecule has 5 heteroatoms. The molecular weight excluding hydrogens is 510 g/mol. The zero-order valence-electron chi connectivity index (χ0n) is 25.5. The SMILES string of the molecule is Bc1c(B)c(B)c(-c2c3ccccc3c(-c3cccc4c3ccc3cc5ccccc5cc34)c3ccccc23)c(B)c1B. The molecule has 0 amide bonds. The van der Waals surface area contributed by atoms with Gasteiger partial charge in [-0.1, -0.05) is 114 Å². The van der Waals surface area contributed by atoms with Crippen LogP contribution >= 0.6 is 0 Å². The molecule has 0 N–H and O–H groups in total. The van der Waals surface area contributed by atoms with Crippen molar-refractivity contribution in [1.82, 2.24) is 0 Å². The van der Waals surface area contributed by atoms with Crippen LogP contribution in [0.2, 0.25) is 0 Å². The summed E-state index contributed by atoms with van der Waals surface area (Å²) < 4.78 is 0. The summed E-state index contributed by atoms with van der Waals surface area (Å²) >= 11 is 0. The molecule has 0 aliphatic heterocycles. The van der Waals surface area contributed by atoms with Crippen molar-refractivity contribution in [3.8, 4) is 22.3 Å². The zero-order chi connectivity index (χ0) is 29.4. The van der Waals surface area contributed by atoms with Crippen LogP contribution in [0.1, 0.15) is 0 Å². The Balaban J connectivity index is 1.53. The summed E-state index contributed by atoms with van der Waals surface area (Å²) in [6.07, 6.45) is 0. The molecule has 0 bridgehead atoms. The first-order chi connectivity index (χ1) is 20.9. The van der Waals surface area contributed by atoms with Crippen LogP contribution in [-0.2, 0) is 0 Å². The fourth-order valence-corrected chi connectivity index (χ4v) is 7.56. The number of rotatable bonds is 2. The Morgan fingerprint density at radius 3 is 1.37 bits per heavy atom. The number of hydrogen-bond donors (Lipinski definition) is 0. The molecule has 8 aromatic rings. The largest absolute Gasteiger partial charge is 0.139 e. The van der Waals surface area contributed by atoms with Crippen molar-refractivity contribution in [3.63, 3.8) is 0 Å². The first kappa shape index (κ1) is 26.0. The summed E-state index contributed by atoms with van der Waals surface area (Å²) in [6.45, 7) is 0. The molecule has 196 valence electrons. The van der Waals surface area contributed by atoms with Gasteiger partial charge < -0.3 is 0 Å². The average molecular weight is 540 g/mol. The lowest BCUT2D eigenvalue weighted by molar-refractivity contribution is 1.71. The Hall–Kier alpha value is -4.62. The molecule has 0 fully saturated rings. The third-order valence-corrected chi connectivity index (χ3v) is 10.2. The highest BCUT2D eigenvalue weighted by Crippen LogP contribution is 2.45. The van der Waals surface area contributed by atoms with Crippen LogP contribution in [-0.4, -0.2) is 39.2 Å². The van der Waals surface area contributed by atoms with Gasteiger partial charge in [-0.15, -0.1) is 16.4 Å². The van der Waals surface area contributed by atoms with Crippen molar-refractivity contribution in [2.45, 2.75) is 0 Å². The molecule has 0 aromatic heterocycles. The molecule has 0 saturated heterocycles. The smallest absolute Gasteiger partial charge is 0.102 e. The van der Waals surface area contributed by atoms with E-state index in [1.165, 1.54) is 103 Å². The Kier molecular flexibility index (Phi) is 5.88. The molecule has 0 aliphatic rings. The second-order valence-electron chi connectivity index (χ2n) is 12.2. The summed E-state index contributed by atoms with van der Waals surface area (Å²) in [5.74, 6) is 0. The van der Waals surface area contributed by atoms with Crippen molar-refractivity contribution in [2.75, 3.05) is 0 Å². The molecule has 0 radical (unpaired) electrons. The van der Waals surface area contributed by atoms with Crippen LogP contribution in [0.5, 0.6) is 0 Å². The average Bonchev–Trinajstić information content (AvgIpc) is 3.05. The van der Waals surface area contributed by atoms with E-state index >= 15 is 0 Å². The van der Waals surface area contributed by atoms with E-state index in [-0.39, 0.29) is 0 Å². The monoisotopic (exact) mass is 540 g/mol. The number of fused-ring (bicyclic) bond motifs is 6. The van der Waals surface area contributed by atoms with Crippen LogP contribution in [0.25, 0.3) is 76.1 Å². The highest BCUT2D eigenvalue weighted by molar-refractivity contribution is 6.69. The first-order valence-electron chi connectivity index (χ1n) is 15.3. The van der Waals surface area contributed by atoms with Crippen LogP contribution in [0.3, 0.4) is 0 Å². The van der Waals surface area contributed by atoms with Gasteiger partial charge in [0.25, 0.3) is 0 Å². The van der Waals surface area contributed by atoms with Crippen LogP contribution < -0.4 is 27.3 Å². The maximum atomic E-state index is 2.36. The number of benzene rings is 8. The predicted octanol–water partition coefficient (Wildman–Crippen LogP) is 2.08. The second-order valence-corrected chi connectivity index (χ2v) is 12.2. The first-order valence-corrected chi connectivity index (χ1v) is 15.3. The van der Waals surface area contributed by atoms with Crippen LogP contribution in [0.4, 0.5) is 0 Å². The highest BCUT2D eigenvalue weighted by Gasteiger charge is 2.21. The van der Waals surface area contributed by atoms with Crippen molar-refractivity contribution in [3.05, 3.63) is 115 Å². The standard InChI is InChI=1S/C38H29B5/c39-34-33(35(40)37(42)38(43)36(34)41)32-28-12-5-3-10-26(28)31(27-11-4-6-13-29(27)32)25-15-7-14-23-24(25)17-16-22-18-20-8-1-2-9-21(20)19-30(22)23/h1-19H,39-43H2. The van der Waals surface area contributed by atoms with E-state index in [1.54, 1.807) is 0 Å². The van der Waals surface area contributed by atoms with Gasteiger partial charge in [0.05, 0.1) is 0 Å². The van der Waals surface area contributed by atoms with Gasteiger partial charge in [0.15, 0.2) is 0 Å². The Morgan fingerprint density at radius 2 is 0.767 bits per heavy atom. The maximum Gasteiger partial charge on any atom is 0.139 e. The fourth-order valence-electron chi connectivity index (χ4n) is 7.56. The Morgan fingerprint density at radius 1 is 0.279 bits per heavy atom. The quantitative estimate of drug-likeness (QED) is 0.179. The van der Waals surface area contributed by atoms with Gasteiger partial charge in [-0.25, -0.2) is 0 Å². The van der Waals surface area contributed by atoms with E-state index < -0.39 is 0 Å². The molecule has 43 heavy (non-hydrogen) atoms. The lowest BCUT2D eigenvalue weighted by Crippen LogP contribution is -2.55. The highest BCUT2D eigenvalue weighted by atomic mass is 14.2. The third kappa shape index (κ3) is 3.77. The topological polar surface area (TPSA) is 0 Å². The molecular formula is C38H29B5. The van der Waals surface area contributed by atoms with E-state index in [0.717, 1.165) is 0 Å². The van der Waals surface area contributed by atoms with E-state index in [4.69, 9.17) is 0 Å². The minimum Gasteiger partial charge on any atom is -0.102 e. The molecule has 0 unspecified atom stereocenters. The van der Waals surface area contributed by atoms with Crippen molar-refractivity contribution in [1.29, 1.82) is 0 Å². The lowest BCUT2D eigenvalue weighted by atomic mass is 9.59. The van der Waals surface area contributed by atoms with E-state index in [0.29, 0.717) is 0 Å². The summed E-state index contributed by atoms with van der Waals surface area (Å²) in [4.78, 5) is 0.